The first-order chi connectivity index (χ1) is 8.55. The van der Waals surface area contributed by atoms with Crippen molar-refractivity contribution in [3.05, 3.63) is 29.6 Å². The molecule has 94 valence electrons. The lowest BCUT2D eigenvalue weighted by Crippen LogP contribution is -2.31. The molecule has 1 N–H and O–H groups in total. The van der Waals surface area contributed by atoms with Crippen molar-refractivity contribution in [2.75, 3.05) is 5.32 Å². The normalized spacial score (nSPS) is 17.2. The molecule has 0 aliphatic heterocycles. The lowest BCUT2D eigenvalue weighted by molar-refractivity contribution is -0.124. The number of carbonyl (C=O) groups excluding carboxylic acids is 1. The fourth-order valence-corrected chi connectivity index (χ4v) is 2.37. The minimum Gasteiger partial charge on any atom is -0.324 e. The van der Waals surface area contributed by atoms with Crippen LogP contribution in [-0.2, 0) is 4.79 Å². The molecule has 18 heavy (non-hydrogen) atoms. The second-order valence-electron chi connectivity index (χ2n) is 5.02. The molecule has 1 aromatic carbocycles. The van der Waals surface area contributed by atoms with Crippen molar-refractivity contribution >= 4 is 11.6 Å². The number of nitrogens with one attached hydrogen (secondary N) is 1. The molecule has 1 aromatic rings. The van der Waals surface area contributed by atoms with Gasteiger partial charge in [-0.15, -0.1) is 0 Å². The Bertz CT molecular complexity index is 513. The SMILES string of the molecule is CC1(C(=O)Nc2ccc(F)cc2C#N)CCCC1. The molecule has 4 heteroatoms. The summed E-state index contributed by atoms with van der Waals surface area (Å²) in [4.78, 5) is 12.2. The molecule has 0 spiro atoms. The van der Waals surface area contributed by atoms with E-state index in [2.05, 4.69) is 5.32 Å². The van der Waals surface area contributed by atoms with E-state index in [1.165, 1.54) is 12.1 Å². The lowest BCUT2D eigenvalue weighted by Gasteiger charge is -2.22. The minimum absolute atomic E-state index is 0.0805. The van der Waals surface area contributed by atoms with Gasteiger partial charge in [-0.2, -0.15) is 5.26 Å². The zero-order valence-electron chi connectivity index (χ0n) is 10.3. The first-order valence-electron chi connectivity index (χ1n) is 6.06. The number of halogens is 1. The molecule has 1 fully saturated rings. The van der Waals surface area contributed by atoms with E-state index in [0.29, 0.717) is 5.69 Å². The van der Waals surface area contributed by atoms with Gasteiger partial charge in [-0.3, -0.25) is 4.79 Å². The van der Waals surface area contributed by atoms with Gasteiger partial charge in [-0.05, 0) is 31.0 Å². The second kappa shape index (κ2) is 4.77. The predicted molar refractivity (Wildman–Crippen MR) is 66.3 cm³/mol. The third-order valence-corrected chi connectivity index (χ3v) is 3.61. The van der Waals surface area contributed by atoms with Crippen molar-refractivity contribution in [3.8, 4) is 6.07 Å². The number of nitrogens with zero attached hydrogens (tertiary/aromatic N) is 1. The summed E-state index contributed by atoms with van der Waals surface area (Å²) in [5.74, 6) is -0.556. The number of amides is 1. The number of hydrogen-bond donors (Lipinski definition) is 1. The Labute approximate surface area is 106 Å². The molecule has 3 nitrogen and oxygen atoms in total. The third-order valence-electron chi connectivity index (χ3n) is 3.61. The summed E-state index contributed by atoms with van der Waals surface area (Å²) in [6.07, 6.45) is 3.83. The van der Waals surface area contributed by atoms with Crippen LogP contribution in [0, 0.1) is 22.6 Å². The highest BCUT2D eigenvalue weighted by atomic mass is 19.1. The number of anilines is 1. The van der Waals surface area contributed by atoms with Gasteiger partial charge < -0.3 is 5.32 Å². The molecule has 0 aromatic heterocycles. The maximum absolute atomic E-state index is 13.0. The van der Waals surface area contributed by atoms with Gasteiger partial charge in [0.2, 0.25) is 5.91 Å². The summed E-state index contributed by atoms with van der Waals surface area (Å²) in [6, 6.07) is 5.70. The van der Waals surface area contributed by atoms with Crippen molar-refractivity contribution < 1.29 is 9.18 Å². The molecular formula is C14H15FN2O. The summed E-state index contributed by atoms with van der Waals surface area (Å²) in [5.41, 5.74) is 0.183. The molecule has 2 rings (SSSR count). The second-order valence-corrected chi connectivity index (χ2v) is 5.02. The van der Waals surface area contributed by atoms with E-state index in [4.69, 9.17) is 5.26 Å². The zero-order valence-corrected chi connectivity index (χ0v) is 10.3. The molecule has 1 aliphatic carbocycles. The summed E-state index contributed by atoms with van der Waals surface area (Å²) < 4.78 is 13.0. The van der Waals surface area contributed by atoms with Gasteiger partial charge in [-0.25, -0.2) is 4.39 Å². The standard InChI is InChI=1S/C14H15FN2O/c1-14(6-2-3-7-14)13(18)17-12-5-4-11(15)8-10(12)9-16/h4-5,8H,2-3,6-7H2,1H3,(H,17,18). The fourth-order valence-electron chi connectivity index (χ4n) is 2.37. The van der Waals surface area contributed by atoms with Gasteiger partial charge in [-0.1, -0.05) is 19.8 Å². The van der Waals surface area contributed by atoms with Crippen LogP contribution in [-0.4, -0.2) is 5.91 Å². The number of carbonyl (C=O) groups is 1. The average Bonchev–Trinajstić information content (AvgIpc) is 2.79. The van der Waals surface area contributed by atoms with Crippen LogP contribution < -0.4 is 5.32 Å². The highest BCUT2D eigenvalue weighted by molar-refractivity contribution is 5.96. The van der Waals surface area contributed by atoms with Crippen LogP contribution >= 0.6 is 0 Å². The predicted octanol–water partition coefficient (Wildman–Crippen LogP) is 3.22. The first kappa shape index (κ1) is 12.6. The topological polar surface area (TPSA) is 52.9 Å². The van der Waals surface area contributed by atoms with Crippen molar-refractivity contribution in [1.29, 1.82) is 5.26 Å². The Morgan fingerprint density at radius 3 is 2.72 bits per heavy atom. The van der Waals surface area contributed by atoms with E-state index >= 15 is 0 Å². The van der Waals surface area contributed by atoms with Crippen molar-refractivity contribution in [2.24, 2.45) is 5.41 Å². The highest BCUT2D eigenvalue weighted by Crippen LogP contribution is 2.38. The number of nitriles is 1. The van der Waals surface area contributed by atoms with Gasteiger partial charge in [0.1, 0.15) is 11.9 Å². The Balaban J connectivity index is 2.19. The maximum Gasteiger partial charge on any atom is 0.230 e. The van der Waals surface area contributed by atoms with E-state index in [-0.39, 0.29) is 16.9 Å². The molecule has 0 atom stereocenters. The zero-order chi connectivity index (χ0) is 13.2. The van der Waals surface area contributed by atoms with Crippen LogP contribution in [0.15, 0.2) is 18.2 Å². The average molecular weight is 246 g/mol. The Morgan fingerprint density at radius 2 is 2.11 bits per heavy atom. The number of benzene rings is 1. The van der Waals surface area contributed by atoms with Crippen molar-refractivity contribution in [1.82, 2.24) is 0 Å². The quantitative estimate of drug-likeness (QED) is 0.871. The van der Waals surface area contributed by atoms with E-state index in [9.17, 15) is 9.18 Å². The van der Waals surface area contributed by atoms with Crippen LogP contribution in [0.1, 0.15) is 38.2 Å². The van der Waals surface area contributed by atoms with Gasteiger partial charge in [0.25, 0.3) is 0 Å². The van der Waals surface area contributed by atoms with Crippen molar-refractivity contribution in [2.45, 2.75) is 32.6 Å². The smallest absolute Gasteiger partial charge is 0.230 e. The summed E-state index contributed by atoms with van der Waals surface area (Å²) in [5, 5.41) is 11.7. The Hall–Kier alpha value is -1.89. The number of hydrogen-bond acceptors (Lipinski definition) is 2. The largest absolute Gasteiger partial charge is 0.324 e. The van der Waals surface area contributed by atoms with Crippen LogP contribution in [0.25, 0.3) is 0 Å². The molecule has 1 saturated carbocycles. The van der Waals surface area contributed by atoms with E-state index in [0.717, 1.165) is 31.7 Å². The van der Waals surface area contributed by atoms with E-state index in [1.807, 2.05) is 13.0 Å². The monoisotopic (exact) mass is 246 g/mol. The van der Waals surface area contributed by atoms with Gasteiger partial charge >= 0.3 is 0 Å². The summed E-state index contributed by atoms with van der Waals surface area (Å²) in [6.45, 7) is 1.94. The third kappa shape index (κ3) is 2.35. The summed E-state index contributed by atoms with van der Waals surface area (Å²) >= 11 is 0. The van der Waals surface area contributed by atoms with Crippen molar-refractivity contribution in [3.63, 3.8) is 0 Å². The van der Waals surface area contributed by atoms with Gasteiger partial charge in [0.15, 0.2) is 0 Å². The molecule has 0 saturated heterocycles. The van der Waals surface area contributed by atoms with E-state index < -0.39 is 5.82 Å². The lowest BCUT2D eigenvalue weighted by atomic mass is 9.87. The van der Waals surface area contributed by atoms with E-state index in [1.54, 1.807) is 0 Å². The van der Waals surface area contributed by atoms with Crippen LogP contribution in [0.2, 0.25) is 0 Å². The van der Waals surface area contributed by atoms with Crippen LogP contribution in [0.5, 0.6) is 0 Å². The Kier molecular flexibility index (Phi) is 3.33. The fraction of sp³-hybridized carbons (Fsp3) is 0.429. The first-order valence-corrected chi connectivity index (χ1v) is 6.06. The number of rotatable bonds is 2. The molecule has 1 aliphatic rings. The maximum atomic E-state index is 13.0. The highest BCUT2D eigenvalue weighted by Gasteiger charge is 2.36. The van der Waals surface area contributed by atoms with Gasteiger partial charge in [0.05, 0.1) is 11.3 Å². The molecule has 0 unspecified atom stereocenters. The van der Waals surface area contributed by atoms with Gasteiger partial charge in [0, 0.05) is 5.41 Å². The molecule has 0 heterocycles. The van der Waals surface area contributed by atoms with Crippen LogP contribution in [0.3, 0.4) is 0 Å². The summed E-state index contributed by atoms with van der Waals surface area (Å²) in [7, 11) is 0. The molecule has 0 bridgehead atoms. The minimum atomic E-state index is -0.475. The van der Waals surface area contributed by atoms with Crippen LogP contribution in [0.4, 0.5) is 10.1 Å². The Morgan fingerprint density at radius 1 is 1.44 bits per heavy atom. The molecule has 0 radical (unpaired) electrons. The molecule has 1 amide bonds. The molecular weight excluding hydrogens is 231 g/mol.